The number of hydrogen-bond donors (Lipinski definition) is 2. The number of furan rings is 1. The van der Waals surface area contributed by atoms with E-state index < -0.39 is 5.97 Å². The number of rotatable bonds is 8. The molecule has 1 heterocycles. The number of anilines is 1. The number of likely N-dealkylation sites (N-methyl/N-ethyl adjacent to an activating group) is 1. The van der Waals surface area contributed by atoms with Gasteiger partial charge in [-0.15, -0.1) is 0 Å². The van der Waals surface area contributed by atoms with Gasteiger partial charge in [0.05, 0.1) is 25.6 Å². The second kappa shape index (κ2) is 7.51. The Morgan fingerprint density at radius 1 is 1.36 bits per heavy atom. The van der Waals surface area contributed by atoms with E-state index in [-0.39, 0.29) is 6.54 Å². The Labute approximate surface area is 129 Å². The largest absolute Gasteiger partial charge is 0.495 e. The molecule has 1 aromatic carbocycles. The lowest BCUT2D eigenvalue weighted by Crippen LogP contribution is -2.25. The van der Waals surface area contributed by atoms with Crippen LogP contribution in [0.3, 0.4) is 0 Å². The number of carboxylic acid groups (broad SMARTS) is 1. The number of ether oxygens (including phenoxy) is 1. The summed E-state index contributed by atoms with van der Waals surface area (Å²) in [6, 6.07) is 9.49. The summed E-state index contributed by atoms with van der Waals surface area (Å²) < 4.78 is 10.6. The predicted octanol–water partition coefficient (Wildman–Crippen LogP) is 2.10. The van der Waals surface area contributed by atoms with Crippen LogP contribution in [0.25, 0.3) is 0 Å². The maximum absolute atomic E-state index is 10.8. The van der Waals surface area contributed by atoms with E-state index in [4.69, 9.17) is 14.3 Å². The molecule has 0 aliphatic carbocycles. The van der Waals surface area contributed by atoms with E-state index >= 15 is 0 Å². The van der Waals surface area contributed by atoms with Gasteiger partial charge in [-0.3, -0.25) is 4.79 Å². The zero-order chi connectivity index (χ0) is 15.9. The number of carbonyl (C=O) groups is 1. The Hall–Kier alpha value is -2.47. The fourth-order valence-electron chi connectivity index (χ4n) is 2.18. The smallest absolute Gasteiger partial charge is 0.323 e. The molecule has 0 saturated heterocycles. The lowest BCUT2D eigenvalue weighted by Gasteiger charge is -2.20. The fourth-order valence-corrected chi connectivity index (χ4v) is 2.18. The topological polar surface area (TPSA) is 74.9 Å². The maximum atomic E-state index is 10.8. The van der Waals surface area contributed by atoms with Gasteiger partial charge >= 0.3 is 5.97 Å². The molecule has 0 aliphatic heterocycles. The van der Waals surface area contributed by atoms with E-state index in [1.807, 2.05) is 30.3 Å². The number of methoxy groups -OCH3 is 1. The van der Waals surface area contributed by atoms with Crippen LogP contribution in [0.4, 0.5) is 5.69 Å². The molecule has 0 amide bonds. The zero-order valence-corrected chi connectivity index (χ0v) is 12.7. The second-order valence-corrected chi connectivity index (χ2v) is 4.94. The first-order valence-corrected chi connectivity index (χ1v) is 6.93. The van der Waals surface area contributed by atoms with Crippen molar-refractivity contribution in [1.82, 2.24) is 5.32 Å². The van der Waals surface area contributed by atoms with Crippen LogP contribution in [0.5, 0.6) is 5.75 Å². The number of hydrogen-bond acceptors (Lipinski definition) is 5. The molecule has 0 aliphatic rings. The van der Waals surface area contributed by atoms with Crippen molar-refractivity contribution in [3.63, 3.8) is 0 Å². The van der Waals surface area contributed by atoms with Crippen molar-refractivity contribution in [3.8, 4) is 5.75 Å². The van der Waals surface area contributed by atoms with Crippen LogP contribution >= 0.6 is 0 Å². The number of aliphatic carboxylic acids is 1. The van der Waals surface area contributed by atoms with E-state index in [1.54, 1.807) is 25.3 Å². The van der Waals surface area contributed by atoms with Crippen molar-refractivity contribution >= 4 is 11.7 Å². The summed E-state index contributed by atoms with van der Waals surface area (Å²) in [5.74, 6) is 0.652. The van der Waals surface area contributed by atoms with Crippen LogP contribution in [0.2, 0.25) is 0 Å². The van der Waals surface area contributed by atoms with Crippen molar-refractivity contribution in [2.75, 3.05) is 25.6 Å². The maximum Gasteiger partial charge on any atom is 0.323 e. The minimum absolute atomic E-state index is 0.0769. The van der Waals surface area contributed by atoms with Crippen LogP contribution in [0, 0.1) is 0 Å². The van der Waals surface area contributed by atoms with Gasteiger partial charge < -0.3 is 24.5 Å². The number of nitrogens with one attached hydrogen (secondary N) is 1. The average molecular weight is 304 g/mol. The Morgan fingerprint density at radius 3 is 2.82 bits per heavy atom. The summed E-state index contributed by atoms with van der Waals surface area (Å²) in [4.78, 5) is 12.4. The summed E-state index contributed by atoms with van der Waals surface area (Å²) in [6.07, 6.45) is 1.65. The van der Waals surface area contributed by atoms with Crippen LogP contribution in [0.15, 0.2) is 41.0 Å². The van der Waals surface area contributed by atoms with Crippen LogP contribution in [0.1, 0.15) is 11.3 Å². The van der Waals surface area contributed by atoms with Gasteiger partial charge in [-0.25, -0.2) is 0 Å². The third kappa shape index (κ3) is 4.26. The molecule has 2 rings (SSSR count). The Kier molecular flexibility index (Phi) is 5.43. The summed E-state index contributed by atoms with van der Waals surface area (Å²) >= 11 is 0. The zero-order valence-electron chi connectivity index (χ0n) is 12.7. The van der Waals surface area contributed by atoms with Crippen molar-refractivity contribution in [2.45, 2.75) is 13.1 Å². The molecule has 6 heteroatoms. The standard InChI is InChI=1S/C16H20N2O4/c1-18(11-16(19)20)14-6-5-12(8-15(14)21-2)9-17-10-13-4-3-7-22-13/h3-8,17H,9-11H2,1-2H3,(H,19,20). The second-order valence-electron chi connectivity index (χ2n) is 4.94. The molecule has 0 fully saturated rings. The highest BCUT2D eigenvalue weighted by atomic mass is 16.5. The van der Waals surface area contributed by atoms with E-state index in [9.17, 15) is 4.79 Å². The van der Waals surface area contributed by atoms with E-state index in [1.165, 1.54) is 0 Å². The Morgan fingerprint density at radius 2 is 2.18 bits per heavy atom. The van der Waals surface area contributed by atoms with Gasteiger partial charge in [0.25, 0.3) is 0 Å². The molecule has 2 aromatic rings. The Bertz CT molecular complexity index is 611. The molecular formula is C16H20N2O4. The van der Waals surface area contributed by atoms with Crippen molar-refractivity contribution in [3.05, 3.63) is 47.9 Å². The molecule has 0 bridgehead atoms. The molecule has 0 spiro atoms. The fraction of sp³-hybridized carbons (Fsp3) is 0.312. The van der Waals surface area contributed by atoms with Gasteiger partial charge in [0, 0.05) is 13.6 Å². The molecule has 1 aromatic heterocycles. The summed E-state index contributed by atoms with van der Waals surface area (Å²) in [5.41, 5.74) is 1.80. The molecular weight excluding hydrogens is 284 g/mol. The molecule has 0 radical (unpaired) electrons. The van der Waals surface area contributed by atoms with Crippen molar-refractivity contribution in [2.24, 2.45) is 0 Å². The normalized spacial score (nSPS) is 10.5. The van der Waals surface area contributed by atoms with Gasteiger partial charge in [0.15, 0.2) is 0 Å². The van der Waals surface area contributed by atoms with E-state index in [0.717, 1.165) is 17.0 Å². The molecule has 118 valence electrons. The molecule has 6 nitrogen and oxygen atoms in total. The highest BCUT2D eigenvalue weighted by molar-refractivity contribution is 5.75. The van der Waals surface area contributed by atoms with Gasteiger partial charge in [-0.05, 0) is 29.8 Å². The summed E-state index contributed by atoms with van der Waals surface area (Å²) in [6.45, 7) is 1.24. The first-order valence-electron chi connectivity index (χ1n) is 6.93. The minimum Gasteiger partial charge on any atom is -0.495 e. The first kappa shape index (κ1) is 15.9. The molecule has 0 atom stereocenters. The number of benzene rings is 1. The highest BCUT2D eigenvalue weighted by Crippen LogP contribution is 2.28. The minimum atomic E-state index is -0.881. The number of carboxylic acids is 1. The van der Waals surface area contributed by atoms with Crippen molar-refractivity contribution < 1.29 is 19.1 Å². The monoisotopic (exact) mass is 304 g/mol. The molecule has 22 heavy (non-hydrogen) atoms. The molecule has 0 saturated carbocycles. The van der Waals surface area contributed by atoms with Gasteiger partial charge in [0.2, 0.25) is 0 Å². The summed E-state index contributed by atoms with van der Waals surface area (Å²) in [7, 11) is 3.30. The quantitative estimate of drug-likeness (QED) is 0.778. The predicted molar refractivity (Wildman–Crippen MR) is 83.2 cm³/mol. The van der Waals surface area contributed by atoms with Gasteiger partial charge in [-0.1, -0.05) is 6.07 Å². The van der Waals surface area contributed by atoms with Crippen LogP contribution < -0.4 is 15.0 Å². The Balaban J connectivity index is 2.00. The van der Waals surface area contributed by atoms with E-state index in [0.29, 0.717) is 18.8 Å². The van der Waals surface area contributed by atoms with E-state index in [2.05, 4.69) is 5.32 Å². The third-order valence-corrected chi connectivity index (χ3v) is 3.24. The third-order valence-electron chi connectivity index (χ3n) is 3.24. The van der Waals surface area contributed by atoms with Crippen LogP contribution in [-0.4, -0.2) is 31.8 Å². The van der Waals surface area contributed by atoms with Gasteiger partial charge in [0.1, 0.15) is 18.1 Å². The average Bonchev–Trinajstić information content (AvgIpc) is 2.99. The first-order chi connectivity index (χ1) is 10.6. The highest BCUT2D eigenvalue weighted by Gasteiger charge is 2.11. The van der Waals surface area contributed by atoms with Crippen molar-refractivity contribution in [1.29, 1.82) is 0 Å². The molecule has 2 N–H and O–H groups in total. The lowest BCUT2D eigenvalue weighted by atomic mass is 10.1. The summed E-state index contributed by atoms with van der Waals surface area (Å²) in [5, 5.41) is 12.1. The number of nitrogens with zero attached hydrogens (tertiary/aromatic N) is 1. The lowest BCUT2D eigenvalue weighted by molar-refractivity contribution is -0.135. The van der Waals surface area contributed by atoms with Crippen LogP contribution in [-0.2, 0) is 17.9 Å². The van der Waals surface area contributed by atoms with Gasteiger partial charge in [-0.2, -0.15) is 0 Å². The molecule has 0 unspecified atom stereocenters. The SMILES string of the molecule is COc1cc(CNCc2ccco2)ccc1N(C)CC(=O)O.